The summed E-state index contributed by atoms with van der Waals surface area (Å²) in [7, 11) is 2.29. The van der Waals surface area contributed by atoms with Gasteiger partial charge in [0.1, 0.15) is 5.58 Å². The number of carbonyl (C=O) groups excluding carboxylic acids is 1. The Kier molecular flexibility index (Phi) is 7.35. The lowest BCUT2D eigenvalue weighted by molar-refractivity contribution is 0.112. The van der Waals surface area contributed by atoms with E-state index >= 15 is 0 Å². The van der Waals surface area contributed by atoms with E-state index in [0.717, 1.165) is 28.8 Å². The van der Waals surface area contributed by atoms with Crippen LogP contribution in [0.3, 0.4) is 0 Å². The van der Waals surface area contributed by atoms with E-state index in [-0.39, 0.29) is 0 Å². The van der Waals surface area contributed by atoms with Gasteiger partial charge in [-0.1, -0.05) is 29.8 Å². The molecular formula is C30H37N3O2. The molecule has 2 fully saturated rings. The number of nitrogens with zero attached hydrogens (tertiary/aromatic N) is 2. The zero-order chi connectivity index (χ0) is 24.2. The smallest absolute Gasteiger partial charge is 0.166 e. The first kappa shape index (κ1) is 23.8. The molecule has 0 saturated carbocycles. The number of furan rings is 1. The van der Waals surface area contributed by atoms with Crippen LogP contribution in [0.25, 0.3) is 21.9 Å². The van der Waals surface area contributed by atoms with Crippen LogP contribution < -0.4 is 0 Å². The molecule has 2 aliphatic rings. The molecule has 0 unspecified atom stereocenters. The van der Waals surface area contributed by atoms with Gasteiger partial charge < -0.3 is 19.2 Å². The van der Waals surface area contributed by atoms with Gasteiger partial charge in [-0.25, -0.2) is 0 Å². The van der Waals surface area contributed by atoms with E-state index < -0.39 is 0 Å². The van der Waals surface area contributed by atoms with Gasteiger partial charge in [0.15, 0.2) is 6.29 Å². The van der Waals surface area contributed by atoms with Crippen LogP contribution in [0.2, 0.25) is 0 Å². The van der Waals surface area contributed by atoms with Gasteiger partial charge in [-0.05, 0) is 102 Å². The lowest BCUT2D eigenvalue weighted by atomic mass is 9.89. The molecule has 35 heavy (non-hydrogen) atoms. The molecule has 2 aliphatic heterocycles. The molecule has 2 aromatic carbocycles. The van der Waals surface area contributed by atoms with Crippen molar-refractivity contribution in [3.8, 4) is 0 Å². The molecule has 0 amide bonds. The third-order valence-electron chi connectivity index (χ3n) is 7.91. The fourth-order valence-corrected chi connectivity index (χ4v) is 5.80. The van der Waals surface area contributed by atoms with Crippen LogP contribution in [0.15, 0.2) is 59.2 Å². The Labute approximate surface area is 208 Å². The summed E-state index contributed by atoms with van der Waals surface area (Å²) < 4.78 is 5.74. The minimum absolute atomic E-state index is 0.635. The minimum Gasteiger partial charge on any atom is -0.464 e. The zero-order valence-electron chi connectivity index (χ0n) is 21.0. The Morgan fingerprint density at radius 1 is 1.06 bits per heavy atom. The van der Waals surface area contributed by atoms with Crippen molar-refractivity contribution in [1.29, 1.82) is 0 Å². The number of benzene rings is 2. The lowest BCUT2D eigenvalue weighted by Gasteiger charge is -2.33. The highest BCUT2D eigenvalue weighted by molar-refractivity contribution is 5.88. The summed E-state index contributed by atoms with van der Waals surface area (Å²) in [5.41, 5.74) is 5.32. The Morgan fingerprint density at radius 2 is 1.89 bits per heavy atom. The van der Waals surface area contributed by atoms with Crippen LogP contribution >= 0.6 is 0 Å². The van der Waals surface area contributed by atoms with E-state index in [1.165, 1.54) is 74.8 Å². The van der Waals surface area contributed by atoms with Gasteiger partial charge in [-0.2, -0.15) is 0 Å². The van der Waals surface area contributed by atoms with Crippen LogP contribution in [0.4, 0.5) is 0 Å². The number of piperidine rings is 1. The van der Waals surface area contributed by atoms with E-state index in [1.807, 2.05) is 31.4 Å². The second-order valence-corrected chi connectivity index (χ2v) is 10.3. The Hall–Kier alpha value is -2.89. The summed E-state index contributed by atoms with van der Waals surface area (Å²) in [6.45, 7) is 7.07. The van der Waals surface area contributed by atoms with E-state index in [9.17, 15) is 4.79 Å². The maximum Gasteiger partial charge on any atom is 0.166 e. The van der Waals surface area contributed by atoms with Crippen LogP contribution in [0.5, 0.6) is 0 Å². The van der Waals surface area contributed by atoms with Gasteiger partial charge in [-0.15, -0.1) is 0 Å². The van der Waals surface area contributed by atoms with Gasteiger partial charge in [0.05, 0.1) is 12.0 Å². The van der Waals surface area contributed by atoms with Crippen molar-refractivity contribution in [3.05, 3.63) is 71.6 Å². The number of fused-ring (bicyclic) bond motifs is 2. The first-order valence-corrected chi connectivity index (χ1v) is 13.0. The number of aryl methyl sites for hydroxylation is 1. The summed E-state index contributed by atoms with van der Waals surface area (Å²) in [5, 5.41) is 2.41. The average molecular weight is 472 g/mol. The first-order chi connectivity index (χ1) is 17.1. The minimum atomic E-state index is 0.635. The summed E-state index contributed by atoms with van der Waals surface area (Å²) in [4.78, 5) is 18.7. The second kappa shape index (κ2) is 10.8. The maximum absolute atomic E-state index is 10.4. The number of aromatic amines is 1. The highest BCUT2D eigenvalue weighted by Gasteiger charge is 2.25. The largest absolute Gasteiger partial charge is 0.464 e. The van der Waals surface area contributed by atoms with Crippen molar-refractivity contribution < 1.29 is 9.21 Å². The predicted octanol–water partition coefficient (Wildman–Crippen LogP) is 6.39. The molecule has 0 radical (unpaired) electrons. The molecule has 6 rings (SSSR count). The second-order valence-electron chi connectivity index (χ2n) is 10.3. The van der Waals surface area contributed by atoms with Crippen LogP contribution in [-0.2, 0) is 0 Å². The summed E-state index contributed by atoms with van der Waals surface area (Å²) in [6.07, 6.45) is 9.49. The van der Waals surface area contributed by atoms with Gasteiger partial charge in [-0.3, -0.25) is 4.79 Å². The SMILES string of the molecule is CN1CCC[C@H]1CCN1CCC(c2coc3ccccc23)CC1.Cc1ccc2[nH]c(C=O)cc2c1. The molecule has 4 aromatic rings. The van der Waals surface area contributed by atoms with Crippen LogP contribution in [0, 0.1) is 6.92 Å². The molecule has 0 aliphatic carbocycles. The Bertz CT molecular complexity index is 1270. The number of rotatable bonds is 5. The quantitative estimate of drug-likeness (QED) is 0.343. The van der Waals surface area contributed by atoms with E-state index in [2.05, 4.69) is 52.2 Å². The van der Waals surface area contributed by atoms with Gasteiger partial charge in [0, 0.05) is 27.9 Å². The molecule has 0 spiro atoms. The third-order valence-corrected chi connectivity index (χ3v) is 7.91. The molecule has 1 atom stereocenters. The highest BCUT2D eigenvalue weighted by atomic mass is 16.3. The molecule has 1 N–H and O–H groups in total. The highest BCUT2D eigenvalue weighted by Crippen LogP contribution is 2.34. The monoisotopic (exact) mass is 471 g/mol. The normalized spacial score (nSPS) is 19.8. The molecule has 4 heterocycles. The fourth-order valence-electron chi connectivity index (χ4n) is 5.80. The lowest BCUT2D eigenvalue weighted by Crippen LogP contribution is -2.36. The first-order valence-electron chi connectivity index (χ1n) is 13.0. The predicted molar refractivity (Wildman–Crippen MR) is 143 cm³/mol. The fraction of sp³-hybridized carbons (Fsp3) is 0.433. The van der Waals surface area contributed by atoms with Crippen LogP contribution in [0.1, 0.15) is 59.6 Å². The molecule has 5 heteroatoms. The van der Waals surface area contributed by atoms with Crippen molar-refractivity contribution in [2.45, 2.75) is 51.0 Å². The summed E-state index contributed by atoms with van der Waals surface area (Å²) in [5.74, 6) is 0.670. The average Bonchev–Trinajstić information content (AvgIpc) is 3.61. The van der Waals surface area contributed by atoms with Gasteiger partial charge >= 0.3 is 0 Å². The molecule has 2 aromatic heterocycles. The number of hydrogen-bond acceptors (Lipinski definition) is 4. The van der Waals surface area contributed by atoms with Crippen LogP contribution in [-0.4, -0.2) is 60.3 Å². The number of aromatic nitrogens is 1. The topological polar surface area (TPSA) is 52.5 Å². The van der Waals surface area contributed by atoms with Crippen molar-refractivity contribution in [2.75, 3.05) is 33.2 Å². The molecule has 2 saturated heterocycles. The van der Waals surface area contributed by atoms with Crippen molar-refractivity contribution in [1.82, 2.24) is 14.8 Å². The molecule has 5 nitrogen and oxygen atoms in total. The number of H-pyrrole nitrogens is 1. The number of aldehydes is 1. The number of nitrogens with one attached hydrogen (secondary N) is 1. The Morgan fingerprint density at radius 3 is 2.66 bits per heavy atom. The third kappa shape index (κ3) is 5.52. The van der Waals surface area contributed by atoms with E-state index in [4.69, 9.17) is 4.42 Å². The van der Waals surface area contributed by atoms with Gasteiger partial charge in [0.25, 0.3) is 0 Å². The van der Waals surface area contributed by atoms with Gasteiger partial charge in [0.2, 0.25) is 0 Å². The number of para-hydroxylation sites is 1. The van der Waals surface area contributed by atoms with Crippen molar-refractivity contribution >= 4 is 28.2 Å². The van der Waals surface area contributed by atoms with E-state index in [1.54, 1.807) is 0 Å². The molecule has 184 valence electrons. The Balaban J connectivity index is 0.000000178. The number of carbonyl (C=O) groups is 1. The number of hydrogen-bond donors (Lipinski definition) is 1. The molecule has 0 bridgehead atoms. The van der Waals surface area contributed by atoms with Crippen molar-refractivity contribution in [3.63, 3.8) is 0 Å². The molecular weight excluding hydrogens is 434 g/mol. The zero-order valence-corrected chi connectivity index (χ0v) is 21.0. The summed E-state index contributed by atoms with van der Waals surface area (Å²) >= 11 is 0. The standard InChI is InChI=1S/C20H28N2O.C10H9NO/c1-21-11-4-5-17(21)10-14-22-12-8-16(9-13-22)19-15-23-20-7-3-2-6-18(19)20;1-7-2-3-10-8(4-7)5-9(6-12)11-10/h2-3,6-7,15-17H,4-5,8-14H2,1H3;2-6,11H,1H3/t17-;/m0./s1. The summed E-state index contributed by atoms with van der Waals surface area (Å²) in [6, 6.07) is 17.2. The van der Waals surface area contributed by atoms with E-state index in [0.29, 0.717) is 11.6 Å². The van der Waals surface area contributed by atoms with Crippen molar-refractivity contribution in [2.24, 2.45) is 0 Å². The maximum atomic E-state index is 10.4. The number of likely N-dealkylation sites (tertiary alicyclic amines) is 2.